The molecule has 3 aromatic rings. The minimum atomic E-state index is -1.10. The van der Waals surface area contributed by atoms with Crippen molar-refractivity contribution < 1.29 is 24.2 Å². The number of ether oxygens (including phenoxy) is 2. The second kappa shape index (κ2) is 12.0. The predicted octanol–water partition coefficient (Wildman–Crippen LogP) is 5.57. The summed E-state index contributed by atoms with van der Waals surface area (Å²) in [5, 5.41) is 11.2. The number of methoxy groups -OCH3 is 2. The number of carboxylic acid groups (broad SMARTS) is 1. The number of para-hydroxylation sites is 2. The molecule has 0 atom stereocenters. The van der Waals surface area contributed by atoms with Crippen molar-refractivity contribution in [3.8, 4) is 11.5 Å². The molecular weight excluding hydrogens is 538 g/mol. The summed E-state index contributed by atoms with van der Waals surface area (Å²) in [4.78, 5) is 27.3. The summed E-state index contributed by atoms with van der Waals surface area (Å²) < 4.78 is 11.1. The van der Waals surface area contributed by atoms with Crippen LogP contribution in [0.25, 0.3) is 0 Å². The summed E-state index contributed by atoms with van der Waals surface area (Å²) in [7, 11) is 3.02. The van der Waals surface area contributed by atoms with Gasteiger partial charge in [0.1, 0.15) is 17.1 Å². The number of rotatable bonds is 9. The SMILES string of the molecule is COc1ccc(N(NC(=O)Cc2cc(OC)c(C(=O)O)cc2Br)c2ccccc2N2CCCCC2)cc1. The van der Waals surface area contributed by atoms with Crippen molar-refractivity contribution in [1.29, 1.82) is 0 Å². The zero-order chi connectivity index (χ0) is 26.4. The molecule has 0 unspecified atom stereocenters. The molecule has 1 heterocycles. The van der Waals surface area contributed by atoms with Crippen LogP contribution < -0.4 is 24.8 Å². The largest absolute Gasteiger partial charge is 0.497 e. The van der Waals surface area contributed by atoms with Gasteiger partial charge in [-0.25, -0.2) is 4.79 Å². The van der Waals surface area contributed by atoms with Crippen LogP contribution in [0.3, 0.4) is 0 Å². The lowest BCUT2D eigenvalue weighted by molar-refractivity contribution is -0.120. The Morgan fingerprint density at radius 3 is 2.35 bits per heavy atom. The highest BCUT2D eigenvalue weighted by Gasteiger charge is 2.22. The third-order valence-electron chi connectivity index (χ3n) is 6.34. The van der Waals surface area contributed by atoms with Crippen LogP contribution in [0.4, 0.5) is 17.1 Å². The van der Waals surface area contributed by atoms with E-state index >= 15 is 0 Å². The van der Waals surface area contributed by atoms with Crippen LogP contribution >= 0.6 is 15.9 Å². The first-order valence-corrected chi connectivity index (χ1v) is 12.9. The number of anilines is 3. The smallest absolute Gasteiger partial charge is 0.339 e. The summed E-state index contributed by atoms with van der Waals surface area (Å²) in [6, 6.07) is 18.6. The van der Waals surface area contributed by atoms with E-state index in [0.717, 1.165) is 43.0 Å². The Kier molecular flexibility index (Phi) is 8.55. The Hall–Kier alpha value is -3.72. The summed E-state index contributed by atoms with van der Waals surface area (Å²) in [5.74, 6) is -0.460. The van der Waals surface area contributed by atoms with Crippen LogP contribution in [-0.4, -0.2) is 44.3 Å². The number of hydrazine groups is 1. The Morgan fingerprint density at radius 1 is 1.00 bits per heavy atom. The lowest BCUT2D eigenvalue weighted by Crippen LogP contribution is -2.41. The Morgan fingerprint density at radius 2 is 1.70 bits per heavy atom. The van der Waals surface area contributed by atoms with E-state index in [-0.39, 0.29) is 23.6 Å². The van der Waals surface area contributed by atoms with Gasteiger partial charge in [0.15, 0.2) is 0 Å². The fraction of sp³-hybridized carbons (Fsp3) is 0.286. The molecule has 9 heteroatoms. The van der Waals surface area contributed by atoms with E-state index in [0.29, 0.717) is 15.8 Å². The number of carbonyl (C=O) groups is 2. The van der Waals surface area contributed by atoms with Crippen LogP contribution in [0.15, 0.2) is 65.1 Å². The number of nitrogens with zero attached hydrogens (tertiary/aromatic N) is 2. The van der Waals surface area contributed by atoms with Gasteiger partial charge in [-0.3, -0.25) is 15.2 Å². The topological polar surface area (TPSA) is 91.3 Å². The van der Waals surface area contributed by atoms with Crippen LogP contribution in [0, 0.1) is 0 Å². The van der Waals surface area contributed by atoms with Gasteiger partial charge in [0.25, 0.3) is 0 Å². The van der Waals surface area contributed by atoms with E-state index < -0.39 is 5.97 Å². The van der Waals surface area contributed by atoms with Gasteiger partial charge in [-0.2, -0.15) is 0 Å². The van der Waals surface area contributed by atoms with Crippen LogP contribution in [0.1, 0.15) is 35.2 Å². The van der Waals surface area contributed by atoms with Crippen molar-refractivity contribution in [1.82, 2.24) is 5.43 Å². The van der Waals surface area contributed by atoms with E-state index in [1.54, 1.807) is 18.2 Å². The molecule has 8 nitrogen and oxygen atoms in total. The van der Waals surface area contributed by atoms with E-state index in [1.807, 2.05) is 42.5 Å². The van der Waals surface area contributed by atoms with Gasteiger partial charge < -0.3 is 19.5 Å². The highest BCUT2D eigenvalue weighted by molar-refractivity contribution is 9.10. The maximum absolute atomic E-state index is 13.4. The molecule has 2 N–H and O–H groups in total. The number of piperidine rings is 1. The van der Waals surface area contributed by atoms with Crippen molar-refractivity contribution in [3.63, 3.8) is 0 Å². The Bertz CT molecular complexity index is 1260. The fourth-order valence-corrected chi connectivity index (χ4v) is 4.94. The molecule has 194 valence electrons. The second-order valence-corrected chi connectivity index (χ2v) is 9.59. The Balaban J connectivity index is 1.67. The van der Waals surface area contributed by atoms with E-state index in [9.17, 15) is 14.7 Å². The first kappa shape index (κ1) is 26.3. The van der Waals surface area contributed by atoms with E-state index in [2.05, 4.69) is 32.3 Å². The van der Waals surface area contributed by atoms with Crippen LogP contribution in [0.5, 0.6) is 11.5 Å². The molecule has 0 aromatic heterocycles. The summed E-state index contributed by atoms with van der Waals surface area (Å²) in [5.41, 5.74) is 6.38. The lowest BCUT2D eigenvalue weighted by atomic mass is 10.1. The predicted molar refractivity (Wildman–Crippen MR) is 147 cm³/mol. The molecule has 37 heavy (non-hydrogen) atoms. The average molecular weight is 568 g/mol. The average Bonchev–Trinajstić information content (AvgIpc) is 2.93. The number of carboxylic acids is 1. The Labute approximate surface area is 224 Å². The second-order valence-electron chi connectivity index (χ2n) is 8.73. The van der Waals surface area contributed by atoms with Crippen molar-refractivity contribution in [3.05, 3.63) is 76.3 Å². The monoisotopic (exact) mass is 567 g/mol. The fourth-order valence-electron chi connectivity index (χ4n) is 4.45. The van der Waals surface area contributed by atoms with Gasteiger partial charge in [-0.1, -0.05) is 28.1 Å². The lowest BCUT2D eigenvalue weighted by Gasteiger charge is -2.34. The number of nitrogens with one attached hydrogen (secondary N) is 1. The minimum absolute atomic E-state index is 0.00930. The van der Waals surface area contributed by atoms with Gasteiger partial charge in [-0.05, 0) is 73.4 Å². The van der Waals surface area contributed by atoms with Gasteiger partial charge in [0.2, 0.25) is 5.91 Å². The third kappa shape index (κ3) is 6.17. The van der Waals surface area contributed by atoms with Crippen molar-refractivity contribution in [2.45, 2.75) is 25.7 Å². The van der Waals surface area contributed by atoms with Crippen LogP contribution in [0.2, 0.25) is 0 Å². The molecule has 1 saturated heterocycles. The molecule has 0 spiro atoms. The quantitative estimate of drug-likeness (QED) is 0.327. The summed E-state index contributed by atoms with van der Waals surface area (Å²) >= 11 is 3.41. The molecule has 0 radical (unpaired) electrons. The maximum atomic E-state index is 13.4. The number of aromatic carboxylic acids is 1. The number of benzene rings is 3. The van der Waals surface area contributed by atoms with Crippen molar-refractivity contribution >= 4 is 44.9 Å². The van der Waals surface area contributed by atoms with Gasteiger partial charge in [0.05, 0.1) is 37.7 Å². The number of amides is 1. The molecular formula is C28H30BrN3O5. The first-order valence-electron chi connectivity index (χ1n) is 12.1. The van der Waals surface area contributed by atoms with E-state index in [4.69, 9.17) is 9.47 Å². The zero-order valence-electron chi connectivity index (χ0n) is 20.9. The standard InChI is InChI=1S/C28H30BrN3O5/c1-36-21-12-10-20(11-13-21)32(25-9-5-4-8-24(25)31-14-6-3-7-15-31)30-27(33)17-19-16-26(37-2)22(28(34)35)18-23(19)29/h4-5,8-13,16,18H,3,6-7,14-15,17H2,1-2H3,(H,30,33)(H,34,35). The number of hydrogen-bond acceptors (Lipinski definition) is 6. The zero-order valence-corrected chi connectivity index (χ0v) is 22.5. The van der Waals surface area contributed by atoms with E-state index in [1.165, 1.54) is 19.6 Å². The number of hydrogen-bond donors (Lipinski definition) is 2. The first-order chi connectivity index (χ1) is 17.9. The van der Waals surface area contributed by atoms with Crippen molar-refractivity contribution in [2.75, 3.05) is 37.2 Å². The van der Waals surface area contributed by atoms with Gasteiger partial charge >= 0.3 is 5.97 Å². The molecule has 0 aliphatic carbocycles. The minimum Gasteiger partial charge on any atom is -0.497 e. The van der Waals surface area contributed by atoms with Gasteiger partial charge in [-0.15, -0.1) is 0 Å². The highest BCUT2D eigenvalue weighted by atomic mass is 79.9. The summed E-state index contributed by atoms with van der Waals surface area (Å²) in [6.45, 7) is 1.92. The molecule has 4 rings (SSSR count). The highest BCUT2D eigenvalue weighted by Crippen LogP contribution is 2.35. The maximum Gasteiger partial charge on any atom is 0.339 e. The van der Waals surface area contributed by atoms with Gasteiger partial charge in [0, 0.05) is 17.6 Å². The molecule has 1 aliphatic heterocycles. The number of halogens is 1. The third-order valence-corrected chi connectivity index (χ3v) is 7.07. The molecule has 0 saturated carbocycles. The molecule has 1 fully saturated rings. The molecule has 0 bridgehead atoms. The number of carbonyl (C=O) groups excluding carboxylic acids is 1. The van der Waals surface area contributed by atoms with Crippen LogP contribution in [-0.2, 0) is 11.2 Å². The molecule has 3 aromatic carbocycles. The summed E-state index contributed by atoms with van der Waals surface area (Å²) in [6.07, 6.45) is 3.49. The van der Waals surface area contributed by atoms with Crippen molar-refractivity contribution in [2.24, 2.45) is 0 Å². The molecule has 1 aliphatic rings. The molecule has 1 amide bonds. The normalized spacial score (nSPS) is 13.1.